The van der Waals surface area contributed by atoms with E-state index in [-0.39, 0.29) is 11.8 Å². The summed E-state index contributed by atoms with van der Waals surface area (Å²) in [4.78, 5) is 18.7. The summed E-state index contributed by atoms with van der Waals surface area (Å²) in [7, 11) is 0. The Morgan fingerprint density at radius 1 is 1.04 bits per heavy atom. The van der Waals surface area contributed by atoms with E-state index in [1.807, 2.05) is 38.1 Å². The van der Waals surface area contributed by atoms with Gasteiger partial charge in [0.1, 0.15) is 12.7 Å². The van der Waals surface area contributed by atoms with Gasteiger partial charge in [0.25, 0.3) is 0 Å². The highest BCUT2D eigenvalue weighted by Gasteiger charge is 2.26. The van der Waals surface area contributed by atoms with Crippen molar-refractivity contribution in [3.05, 3.63) is 54.1 Å². The molecule has 8 heteroatoms. The van der Waals surface area contributed by atoms with Crippen molar-refractivity contribution in [2.75, 3.05) is 23.3 Å². The van der Waals surface area contributed by atoms with Crippen molar-refractivity contribution in [3.63, 3.8) is 0 Å². The molecule has 0 unspecified atom stereocenters. The average Bonchev–Trinajstić information content (AvgIpc) is 3.22. The summed E-state index contributed by atoms with van der Waals surface area (Å²) in [5.41, 5.74) is 3.18. The normalized spacial score (nSPS) is 14.9. The number of carbonyl (C=O) groups is 1. The molecule has 0 bridgehead atoms. The van der Waals surface area contributed by atoms with E-state index >= 15 is 0 Å². The van der Waals surface area contributed by atoms with Crippen LogP contribution in [0.1, 0.15) is 24.0 Å². The first kappa shape index (κ1) is 18.1. The zero-order valence-electron chi connectivity index (χ0n) is 16.0. The van der Waals surface area contributed by atoms with Crippen molar-refractivity contribution in [3.8, 4) is 5.82 Å². The maximum Gasteiger partial charge on any atom is 0.227 e. The molecule has 0 spiro atoms. The Balaban J connectivity index is 1.34. The first-order valence-electron chi connectivity index (χ1n) is 9.41. The zero-order chi connectivity index (χ0) is 19.5. The van der Waals surface area contributed by atoms with Gasteiger partial charge in [0.15, 0.2) is 11.6 Å². The maximum atomic E-state index is 12.6. The second kappa shape index (κ2) is 7.75. The van der Waals surface area contributed by atoms with Crippen LogP contribution in [0.5, 0.6) is 0 Å². The van der Waals surface area contributed by atoms with Crippen LogP contribution in [0, 0.1) is 19.8 Å². The molecular formula is C20H23N7O. The van der Waals surface area contributed by atoms with Gasteiger partial charge in [-0.25, -0.2) is 9.67 Å². The molecule has 0 atom stereocenters. The number of piperidine rings is 1. The van der Waals surface area contributed by atoms with Crippen molar-refractivity contribution >= 4 is 17.4 Å². The molecule has 144 valence electrons. The summed E-state index contributed by atoms with van der Waals surface area (Å²) in [5.74, 6) is 1.55. The number of anilines is 2. The van der Waals surface area contributed by atoms with E-state index in [1.54, 1.807) is 11.0 Å². The fourth-order valence-electron chi connectivity index (χ4n) is 3.60. The van der Waals surface area contributed by atoms with E-state index in [0.29, 0.717) is 5.82 Å². The second-order valence-electron chi connectivity index (χ2n) is 7.22. The lowest BCUT2D eigenvalue weighted by Gasteiger charge is -2.31. The fourth-order valence-corrected chi connectivity index (χ4v) is 3.60. The number of nitrogens with zero attached hydrogens (tertiary/aromatic N) is 6. The van der Waals surface area contributed by atoms with Gasteiger partial charge in [-0.05, 0) is 62.1 Å². The molecule has 0 aliphatic carbocycles. The van der Waals surface area contributed by atoms with Crippen LogP contribution in [-0.4, -0.2) is 44.0 Å². The van der Waals surface area contributed by atoms with E-state index in [4.69, 9.17) is 0 Å². The summed E-state index contributed by atoms with van der Waals surface area (Å²) in [6, 6.07) is 9.91. The van der Waals surface area contributed by atoms with Gasteiger partial charge >= 0.3 is 0 Å². The van der Waals surface area contributed by atoms with Crippen LogP contribution in [0.25, 0.3) is 5.82 Å². The van der Waals surface area contributed by atoms with Crippen LogP contribution >= 0.6 is 0 Å². The minimum absolute atomic E-state index is 0.0134. The van der Waals surface area contributed by atoms with Gasteiger partial charge in [0.2, 0.25) is 5.91 Å². The van der Waals surface area contributed by atoms with Gasteiger partial charge in [-0.3, -0.25) is 4.79 Å². The molecule has 4 rings (SSSR count). The van der Waals surface area contributed by atoms with Gasteiger partial charge in [-0.2, -0.15) is 5.10 Å². The van der Waals surface area contributed by atoms with E-state index < -0.39 is 0 Å². The van der Waals surface area contributed by atoms with Crippen molar-refractivity contribution in [1.82, 2.24) is 25.0 Å². The van der Waals surface area contributed by atoms with Crippen LogP contribution in [0.4, 0.5) is 11.5 Å². The monoisotopic (exact) mass is 377 g/mol. The molecular weight excluding hydrogens is 354 g/mol. The minimum Gasteiger partial charge on any atom is -0.355 e. The SMILES string of the molecule is Cc1cc(C)cc(NC(=O)C2CCN(c3ccc(-n4cncn4)nn3)CC2)c1. The van der Waals surface area contributed by atoms with Crippen molar-refractivity contribution in [1.29, 1.82) is 0 Å². The molecule has 1 saturated heterocycles. The quantitative estimate of drug-likeness (QED) is 0.752. The van der Waals surface area contributed by atoms with Crippen LogP contribution in [-0.2, 0) is 4.79 Å². The zero-order valence-corrected chi connectivity index (χ0v) is 16.0. The third-order valence-corrected chi connectivity index (χ3v) is 4.97. The molecule has 8 nitrogen and oxygen atoms in total. The Morgan fingerprint density at radius 2 is 1.71 bits per heavy atom. The number of carbonyl (C=O) groups excluding carboxylic acids is 1. The molecule has 28 heavy (non-hydrogen) atoms. The predicted molar refractivity (Wildman–Crippen MR) is 106 cm³/mol. The van der Waals surface area contributed by atoms with Crippen molar-refractivity contribution in [2.24, 2.45) is 5.92 Å². The van der Waals surface area contributed by atoms with Crippen molar-refractivity contribution in [2.45, 2.75) is 26.7 Å². The lowest BCUT2D eigenvalue weighted by Crippen LogP contribution is -2.38. The summed E-state index contributed by atoms with van der Waals surface area (Å²) < 4.78 is 1.57. The highest BCUT2D eigenvalue weighted by atomic mass is 16.1. The van der Waals surface area contributed by atoms with E-state index in [2.05, 4.69) is 36.6 Å². The van der Waals surface area contributed by atoms with Gasteiger partial charge in [0.05, 0.1) is 0 Å². The highest BCUT2D eigenvalue weighted by molar-refractivity contribution is 5.92. The van der Waals surface area contributed by atoms with Gasteiger partial charge in [-0.15, -0.1) is 10.2 Å². The molecule has 1 N–H and O–H groups in total. The van der Waals surface area contributed by atoms with Gasteiger partial charge in [-0.1, -0.05) is 6.07 Å². The Hall–Kier alpha value is -3.29. The second-order valence-corrected chi connectivity index (χ2v) is 7.22. The number of benzene rings is 1. The molecule has 1 fully saturated rings. The topological polar surface area (TPSA) is 88.8 Å². The largest absolute Gasteiger partial charge is 0.355 e. The number of amides is 1. The summed E-state index contributed by atoms with van der Waals surface area (Å²) in [5, 5.41) is 15.6. The lowest BCUT2D eigenvalue weighted by molar-refractivity contribution is -0.120. The molecule has 1 amide bonds. The molecule has 3 aromatic rings. The molecule has 1 aliphatic heterocycles. The number of aryl methyl sites for hydroxylation is 2. The molecule has 3 heterocycles. The third-order valence-electron chi connectivity index (χ3n) is 4.97. The lowest BCUT2D eigenvalue weighted by atomic mass is 9.95. The van der Waals surface area contributed by atoms with E-state index in [9.17, 15) is 4.79 Å². The maximum absolute atomic E-state index is 12.6. The number of aromatic nitrogens is 5. The Bertz CT molecular complexity index is 925. The van der Waals surface area contributed by atoms with Crippen molar-refractivity contribution < 1.29 is 4.79 Å². The summed E-state index contributed by atoms with van der Waals surface area (Å²) >= 11 is 0. The smallest absolute Gasteiger partial charge is 0.227 e. The molecule has 2 aromatic heterocycles. The van der Waals surface area contributed by atoms with Crippen LogP contribution in [0.15, 0.2) is 43.0 Å². The molecule has 1 aromatic carbocycles. The minimum atomic E-state index is 0.0134. The molecule has 0 saturated carbocycles. The van der Waals surface area contributed by atoms with Crippen LogP contribution < -0.4 is 10.2 Å². The fraction of sp³-hybridized carbons (Fsp3) is 0.350. The summed E-state index contributed by atoms with van der Waals surface area (Å²) in [6.45, 7) is 5.64. The van der Waals surface area contributed by atoms with E-state index in [0.717, 1.165) is 48.6 Å². The van der Waals surface area contributed by atoms with Crippen LogP contribution in [0.2, 0.25) is 0 Å². The number of rotatable bonds is 4. The van der Waals surface area contributed by atoms with E-state index in [1.165, 1.54) is 6.33 Å². The first-order valence-corrected chi connectivity index (χ1v) is 9.41. The average molecular weight is 377 g/mol. The number of hydrogen-bond donors (Lipinski definition) is 1. The third kappa shape index (κ3) is 4.00. The Morgan fingerprint density at radius 3 is 2.32 bits per heavy atom. The predicted octanol–water partition coefficient (Wildman–Crippen LogP) is 2.53. The Labute approximate surface area is 163 Å². The van der Waals surface area contributed by atoms with Crippen LogP contribution in [0.3, 0.4) is 0 Å². The summed E-state index contributed by atoms with van der Waals surface area (Å²) in [6.07, 6.45) is 4.64. The molecule has 1 aliphatic rings. The van der Waals surface area contributed by atoms with Gasteiger partial charge in [0, 0.05) is 24.7 Å². The number of hydrogen-bond acceptors (Lipinski definition) is 6. The highest BCUT2D eigenvalue weighted by Crippen LogP contribution is 2.23. The Kier molecular flexibility index (Phi) is 5.01. The number of nitrogens with one attached hydrogen (secondary N) is 1. The molecule has 0 radical (unpaired) electrons. The first-order chi connectivity index (χ1) is 13.6. The van der Waals surface area contributed by atoms with Gasteiger partial charge < -0.3 is 10.2 Å². The standard InChI is InChI=1S/C20H23N7O/c1-14-9-15(2)11-17(10-14)23-20(28)16-5-7-26(8-6-16)18-3-4-19(25-24-18)27-13-21-12-22-27/h3-4,9-13,16H,5-8H2,1-2H3,(H,23,28).